The molecule has 3 rings (SSSR count). The van der Waals surface area contributed by atoms with Gasteiger partial charge < -0.3 is 19.8 Å². The summed E-state index contributed by atoms with van der Waals surface area (Å²) in [5, 5.41) is 5.92. The summed E-state index contributed by atoms with van der Waals surface area (Å²) in [5.41, 5.74) is 1.31. The molecule has 2 N–H and O–H groups in total. The Bertz CT molecular complexity index is 832. The number of nitrogens with one attached hydrogen (secondary N) is 2. The van der Waals surface area contributed by atoms with Crippen LogP contribution in [0.4, 0.5) is 5.82 Å². The Balaban J connectivity index is 1.48. The number of para-hydroxylation sites is 1. The number of nitrogens with zero attached hydrogens (tertiary/aromatic N) is 2. The number of carbonyl (C=O) groups excluding carboxylic acids is 1. The minimum Gasteiger partial charge on any atom is -0.496 e. The van der Waals surface area contributed by atoms with Gasteiger partial charge in [-0.2, -0.15) is 0 Å². The predicted octanol–water partition coefficient (Wildman–Crippen LogP) is 2.66. The van der Waals surface area contributed by atoms with Crippen LogP contribution in [0.25, 0.3) is 0 Å². The summed E-state index contributed by atoms with van der Waals surface area (Å²) in [6, 6.07) is 11.4. The summed E-state index contributed by atoms with van der Waals surface area (Å²) in [7, 11) is 1.63. The highest BCUT2D eigenvalue weighted by atomic mass is 16.5. The molecule has 0 aliphatic rings. The highest BCUT2D eigenvalue weighted by Gasteiger charge is 2.09. The van der Waals surface area contributed by atoms with Crippen LogP contribution < -0.4 is 15.4 Å². The van der Waals surface area contributed by atoms with Gasteiger partial charge in [-0.1, -0.05) is 18.2 Å². The molecule has 0 saturated heterocycles. The molecule has 2 aromatic heterocycles. The maximum Gasteiger partial charge on any atom is 0.271 e. The van der Waals surface area contributed by atoms with Crippen LogP contribution >= 0.6 is 0 Å². The van der Waals surface area contributed by atoms with Gasteiger partial charge in [-0.25, -0.2) is 9.97 Å². The largest absolute Gasteiger partial charge is 0.496 e. The highest BCUT2D eigenvalue weighted by Crippen LogP contribution is 2.17. The van der Waals surface area contributed by atoms with Crippen molar-refractivity contribution in [2.24, 2.45) is 0 Å². The molecule has 7 heteroatoms. The molecular weight excluding hydrogens is 332 g/mol. The lowest BCUT2D eigenvalue weighted by molar-refractivity contribution is 0.0948. The molecule has 134 valence electrons. The van der Waals surface area contributed by atoms with Crippen LogP contribution in [-0.4, -0.2) is 29.5 Å². The number of ether oxygens (including phenoxy) is 1. The van der Waals surface area contributed by atoms with Gasteiger partial charge in [0.1, 0.15) is 23.0 Å². The smallest absolute Gasteiger partial charge is 0.271 e. The van der Waals surface area contributed by atoms with E-state index in [1.54, 1.807) is 13.4 Å². The van der Waals surface area contributed by atoms with Crippen molar-refractivity contribution >= 4 is 11.7 Å². The number of hydrogen-bond acceptors (Lipinski definition) is 6. The zero-order chi connectivity index (χ0) is 18.2. The van der Waals surface area contributed by atoms with Crippen molar-refractivity contribution in [2.75, 3.05) is 19.0 Å². The monoisotopic (exact) mass is 352 g/mol. The Morgan fingerprint density at radius 3 is 2.77 bits per heavy atom. The van der Waals surface area contributed by atoms with Crippen molar-refractivity contribution in [1.82, 2.24) is 15.3 Å². The van der Waals surface area contributed by atoms with E-state index in [1.807, 2.05) is 36.4 Å². The molecule has 0 radical (unpaired) electrons. The third kappa shape index (κ3) is 4.60. The first kappa shape index (κ1) is 17.5. The molecule has 0 aliphatic heterocycles. The zero-order valence-electron chi connectivity index (χ0n) is 14.4. The van der Waals surface area contributed by atoms with Crippen LogP contribution in [0, 0.1) is 0 Å². The Labute approximate surface area is 151 Å². The summed E-state index contributed by atoms with van der Waals surface area (Å²) in [6.45, 7) is 0.992. The van der Waals surface area contributed by atoms with Crippen LogP contribution in [0.2, 0.25) is 0 Å². The molecule has 7 nitrogen and oxygen atoms in total. The van der Waals surface area contributed by atoms with E-state index >= 15 is 0 Å². The van der Waals surface area contributed by atoms with E-state index in [0.29, 0.717) is 25.3 Å². The lowest BCUT2D eigenvalue weighted by atomic mass is 10.1. The number of amides is 1. The molecule has 0 unspecified atom stereocenters. The average Bonchev–Trinajstić information content (AvgIpc) is 3.20. The molecule has 0 spiro atoms. The average molecular weight is 352 g/mol. The molecule has 0 saturated carbocycles. The van der Waals surface area contributed by atoms with Gasteiger partial charge in [0.25, 0.3) is 5.91 Å². The van der Waals surface area contributed by atoms with Gasteiger partial charge in [-0.05, 0) is 30.2 Å². The molecule has 0 aliphatic carbocycles. The topological polar surface area (TPSA) is 89.3 Å². The first-order valence-electron chi connectivity index (χ1n) is 8.24. The zero-order valence-corrected chi connectivity index (χ0v) is 14.4. The minimum atomic E-state index is -0.259. The maximum atomic E-state index is 12.2. The number of rotatable bonds is 8. The van der Waals surface area contributed by atoms with Crippen molar-refractivity contribution in [2.45, 2.75) is 13.0 Å². The van der Waals surface area contributed by atoms with E-state index in [-0.39, 0.29) is 11.6 Å². The van der Waals surface area contributed by atoms with E-state index < -0.39 is 0 Å². The summed E-state index contributed by atoms with van der Waals surface area (Å²) < 4.78 is 10.5. The number of methoxy groups -OCH3 is 1. The van der Waals surface area contributed by atoms with E-state index in [4.69, 9.17) is 9.15 Å². The fourth-order valence-corrected chi connectivity index (χ4v) is 2.44. The van der Waals surface area contributed by atoms with Crippen molar-refractivity contribution < 1.29 is 13.9 Å². The number of aromatic nitrogens is 2. The lowest BCUT2D eigenvalue weighted by Gasteiger charge is -2.09. The lowest BCUT2D eigenvalue weighted by Crippen LogP contribution is -2.26. The van der Waals surface area contributed by atoms with Crippen LogP contribution in [0.1, 0.15) is 21.8 Å². The number of furan rings is 1. The first-order valence-corrected chi connectivity index (χ1v) is 8.24. The van der Waals surface area contributed by atoms with Gasteiger partial charge in [-0.3, -0.25) is 4.79 Å². The second-order valence-corrected chi connectivity index (χ2v) is 5.54. The van der Waals surface area contributed by atoms with Crippen LogP contribution in [0.5, 0.6) is 5.75 Å². The first-order chi connectivity index (χ1) is 12.8. The van der Waals surface area contributed by atoms with Crippen molar-refractivity contribution in [1.29, 1.82) is 0 Å². The van der Waals surface area contributed by atoms with Crippen molar-refractivity contribution in [3.8, 4) is 5.75 Å². The van der Waals surface area contributed by atoms with Crippen molar-refractivity contribution in [3.05, 3.63) is 72.1 Å². The predicted molar refractivity (Wildman–Crippen MR) is 97.1 cm³/mol. The molecule has 0 atom stereocenters. The molecular formula is C19H20N4O3. The number of anilines is 1. The SMILES string of the molecule is COc1ccccc1CCNC(=O)c1cnc(NCc2ccco2)cn1. The fourth-order valence-electron chi connectivity index (χ4n) is 2.44. The highest BCUT2D eigenvalue weighted by molar-refractivity contribution is 5.92. The number of hydrogen-bond donors (Lipinski definition) is 2. The molecule has 3 aromatic rings. The van der Waals surface area contributed by atoms with Gasteiger partial charge in [0.15, 0.2) is 0 Å². The fraction of sp³-hybridized carbons (Fsp3) is 0.211. The third-order valence-electron chi connectivity index (χ3n) is 3.78. The molecule has 1 amide bonds. The molecule has 0 fully saturated rings. The Morgan fingerprint density at radius 2 is 2.04 bits per heavy atom. The summed E-state index contributed by atoms with van der Waals surface area (Å²) in [5.74, 6) is 1.93. The van der Waals surface area contributed by atoms with Gasteiger partial charge in [0.05, 0.1) is 32.3 Å². The van der Waals surface area contributed by atoms with E-state index in [2.05, 4.69) is 20.6 Å². The quantitative estimate of drug-likeness (QED) is 0.648. The van der Waals surface area contributed by atoms with Gasteiger partial charge in [0, 0.05) is 6.54 Å². The maximum absolute atomic E-state index is 12.2. The normalized spacial score (nSPS) is 10.3. The Hall–Kier alpha value is -3.35. The standard InChI is InChI=1S/C19H20N4O3/c1-25-17-7-3-2-5-14(17)8-9-20-19(24)16-12-23-18(13-21-16)22-11-15-6-4-10-26-15/h2-7,10,12-13H,8-9,11H2,1H3,(H,20,24)(H,22,23). The van der Waals surface area contributed by atoms with Crippen molar-refractivity contribution in [3.63, 3.8) is 0 Å². The van der Waals surface area contributed by atoms with E-state index in [9.17, 15) is 4.79 Å². The Kier molecular flexibility index (Phi) is 5.82. The van der Waals surface area contributed by atoms with Crippen LogP contribution in [-0.2, 0) is 13.0 Å². The number of benzene rings is 1. The van der Waals surface area contributed by atoms with Gasteiger partial charge in [-0.15, -0.1) is 0 Å². The minimum absolute atomic E-state index is 0.259. The second kappa shape index (κ2) is 8.66. The summed E-state index contributed by atoms with van der Waals surface area (Å²) in [6.07, 6.45) is 5.26. The van der Waals surface area contributed by atoms with Gasteiger partial charge >= 0.3 is 0 Å². The van der Waals surface area contributed by atoms with Crippen LogP contribution in [0.3, 0.4) is 0 Å². The second-order valence-electron chi connectivity index (χ2n) is 5.54. The number of carbonyl (C=O) groups is 1. The summed E-state index contributed by atoms with van der Waals surface area (Å²) >= 11 is 0. The van der Waals surface area contributed by atoms with Gasteiger partial charge in [0.2, 0.25) is 0 Å². The Morgan fingerprint density at radius 1 is 1.15 bits per heavy atom. The van der Waals surface area contributed by atoms with Crippen LogP contribution in [0.15, 0.2) is 59.5 Å². The molecule has 2 heterocycles. The molecule has 26 heavy (non-hydrogen) atoms. The third-order valence-corrected chi connectivity index (χ3v) is 3.78. The summed E-state index contributed by atoms with van der Waals surface area (Å²) in [4.78, 5) is 20.5. The van der Waals surface area contributed by atoms with E-state index in [0.717, 1.165) is 17.1 Å². The molecule has 1 aromatic carbocycles. The molecule has 0 bridgehead atoms. The van der Waals surface area contributed by atoms with E-state index in [1.165, 1.54) is 12.4 Å².